The van der Waals surface area contributed by atoms with E-state index in [9.17, 15) is 5.26 Å². The lowest BCUT2D eigenvalue weighted by Gasteiger charge is -2.17. The first kappa shape index (κ1) is 47.6. The van der Waals surface area contributed by atoms with Gasteiger partial charge in [0.2, 0.25) is 0 Å². The van der Waals surface area contributed by atoms with Crippen LogP contribution >= 0.6 is 0 Å². The summed E-state index contributed by atoms with van der Waals surface area (Å²) in [6.07, 6.45) is 0. The quantitative estimate of drug-likeness (QED) is 0.144. The van der Waals surface area contributed by atoms with Crippen LogP contribution in [0.3, 0.4) is 0 Å². The molecule has 0 spiro atoms. The van der Waals surface area contributed by atoms with Crippen LogP contribution in [-0.4, -0.2) is 19.1 Å². The second-order valence-corrected chi connectivity index (χ2v) is 21.1. The van der Waals surface area contributed by atoms with Gasteiger partial charge in [-0.05, 0) is 111 Å². The fourth-order valence-electron chi connectivity index (χ4n) is 12.4. The average molecular weight is 1060 g/mol. The molecule has 0 radical (unpaired) electrons. The highest BCUT2D eigenvalue weighted by molar-refractivity contribution is 6.18. The summed E-state index contributed by atoms with van der Waals surface area (Å²) in [5.74, 6) is 0.608. The first-order valence-corrected chi connectivity index (χ1v) is 27.9. The van der Waals surface area contributed by atoms with Gasteiger partial charge >= 0.3 is 0 Å². The van der Waals surface area contributed by atoms with Crippen LogP contribution < -0.4 is 0 Å². The molecule has 386 valence electrons. The average Bonchev–Trinajstić information content (AvgIpc) is 1.89. The van der Waals surface area contributed by atoms with E-state index in [2.05, 4.69) is 252 Å². The van der Waals surface area contributed by atoms with Gasteiger partial charge in [0.1, 0.15) is 22.9 Å². The summed E-state index contributed by atoms with van der Waals surface area (Å²) in [5, 5.41) is 18.3. The summed E-state index contributed by atoms with van der Waals surface area (Å²) in [4.78, 5) is 10.5. The number of hydrogen-bond donors (Lipinski definition) is 0. The summed E-state index contributed by atoms with van der Waals surface area (Å²) < 4.78 is 12.1. The molecule has 0 aliphatic carbocycles. The second-order valence-electron chi connectivity index (χ2n) is 21.1. The van der Waals surface area contributed by atoms with Gasteiger partial charge in [-0.25, -0.2) is 9.97 Å². The van der Waals surface area contributed by atoms with Crippen LogP contribution in [0.25, 0.3) is 155 Å². The Bertz CT molecular complexity index is 4980. The zero-order valence-corrected chi connectivity index (χ0v) is 44.8. The Labute approximate surface area is 478 Å². The topological polar surface area (TPSA) is 72.6 Å². The first-order valence-electron chi connectivity index (χ1n) is 27.9. The van der Waals surface area contributed by atoms with Crippen LogP contribution in [0.5, 0.6) is 0 Å². The number of furan rings is 1. The lowest BCUT2D eigenvalue weighted by molar-refractivity contribution is 0.667. The lowest BCUT2D eigenvalue weighted by Crippen LogP contribution is -2.05. The van der Waals surface area contributed by atoms with E-state index in [1.165, 1.54) is 0 Å². The number of nitriles is 1. The normalized spacial score (nSPS) is 11.6. The number of benzene rings is 12. The predicted molar refractivity (Wildman–Crippen MR) is 341 cm³/mol. The summed E-state index contributed by atoms with van der Waals surface area (Å²) in [6.45, 7) is 0. The molecular formula is C77H47N5O. The molecule has 0 saturated carbocycles. The fourth-order valence-corrected chi connectivity index (χ4v) is 12.4. The van der Waals surface area contributed by atoms with E-state index in [4.69, 9.17) is 14.4 Å². The Morgan fingerprint density at radius 3 is 1.13 bits per heavy atom. The van der Waals surface area contributed by atoms with Gasteiger partial charge in [0, 0.05) is 49.0 Å². The third-order valence-electron chi connectivity index (χ3n) is 16.4. The Balaban J connectivity index is 1.04. The fraction of sp³-hybridized carbons (Fsp3) is 0. The van der Waals surface area contributed by atoms with Gasteiger partial charge in [-0.3, -0.25) is 0 Å². The Morgan fingerprint density at radius 2 is 0.699 bits per heavy atom. The van der Waals surface area contributed by atoms with Gasteiger partial charge in [0.05, 0.1) is 39.1 Å². The zero-order valence-electron chi connectivity index (χ0n) is 44.8. The van der Waals surface area contributed by atoms with E-state index >= 15 is 0 Å². The lowest BCUT2D eigenvalue weighted by atomic mass is 10.0. The Morgan fingerprint density at radius 1 is 0.301 bits per heavy atom. The summed E-state index contributed by atoms with van der Waals surface area (Å²) >= 11 is 0. The number of aromatic nitrogens is 4. The molecule has 0 saturated heterocycles. The number of fused-ring (bicyclic) bond motifs is 9. The molecular weight excluding hydrogens is 1010 g/mol. The molecule has 4 heterocycles. The van der Waals surface area contributed by atoms with Crippen molar-refractivity contribution in [2.75, 3.05) is 0 Å². The van der Waals surface area contributed by atoms with Crippen molar-refractivity contribution < 1.29 is 4.42 Å². The number of para-hydroxylation sites is 1. The van der Waals surface area contributed by atoms with E-state index in [0.29, 0.717) is 33.9 Å². The number of rotatable bonds is 9. The van der Waals surface area contributed by atoms with Crippen molar-refractivity contribution in [1.82, 2.24) is 19.1 Å². The SMILES string of the molecule is N#Cc1c(-n2c3ccc(-c4ccccc4)cc3c3cc(-c4ccccc4)ccc32)cc2c(oc3c(-c4cc(-c5ccccc5)nc(-c5ccccc5)n4)cccc32)c1-n1c2ccc(-c3ccccc3)cc2c2cc(-c3ccccc3)ccc21. The third kappa shape index (κ3) is 7.94. The Kier molecular flexibility index (Phi) is 11.2. The van der Waals surface area contributed by atoms with E-state index < -0.39 is 0 Å². The summed E-state index contributed by atoms with van der Waals surface area (Å²) in [6, 6.07) is 103. The van der Waals surface area contributed by atoms with E-state index in [1.54, 1.807) is 0 Å². The van der Waals surface area contributed by atoms with E-state index in [0.717, 1.165) is 127 Å². The van der Waals surface area contributed by atoms with Crippen LogP contribution in [0.1, 0.15) is 5.56 Å². The van der Waals surface area contributed by atoms with Gasteiger partial charge in [-0.2, -0.15) is 5.26 Å². The maximum absolute atomic E-state index is 12.3. The maximum atomic E-state index is 12.3. The highest BCUT2D eigenvalue weighted by atomic mass is 16.3. The first-order chi connectivity index (χ1) is 41.1. The van der Waals surface area contributed by atoms with Crippen LogP contribution in [0.15, 0.2) is 290 Å². The molecule has 0 aliphatic heterocycles. The van der Waals surface area contributed by atoms with Crippen LogP contribution in [0, 0.1) is 11.3 Å². The molecule has 0 aliphatic rings. The van der Waals surface area contributed by atoms with Crippen molar-refractivity contribution in [3.63, 3.8) is 0 Å². The Hall–Kier alpha value is -11.4. The van der Waals surface area contributed by atoms with Crippen molar-refractivity contribution in [1.29, 1.82) is 5.26 Å². The largest absolute Gasteiger partial charge is 0.453 e. The minimum Gasteiger partial charge on any atom is -0.453 e. The molecule has 4 aromatic heterocycles. The van der Waals surface area contributed by atoms with Crippen molar-refractivity contribution in [2.24, 2.45) is 0 Å². The van der Waals surface area contributed by atoms with Crippen molar-refractivity contribution >= 4 is 65.6 Å². The van der Waals surface area contributed by atoms with Gasteiger partial charge in [-0.15, -0.1) is 0 Å². The molecule has 0 N–H and O–H groups in total. The maximum Gasteiger partial charge on any atom is 0.160 e. The molecule has 0 atom stereocenters. The minimum absolute atomic E-state index is 0.467. The molecule has 16 rings (SSSR count). The zero-order chi connectivity index (χ0) is 55.0. The molecule has 6 nitrogen and oxygen atoms in total. The molecule has 12 aromatic carbocycles. The van der Waals surface area contributed by atoms with Crippen molar-refractivity contribution in [3.05, 3.63) is 291 Å². The highest BCUT2D eigenvalue weighted by Gasteiger charge is 2.28. The van der Waals surface area contributed by atoms with E-state index in [-0.39, 0.29) is 0 Å². The molecule has 0 unspecified atom stereocenters. The van der Waals surface area contributed by atoms with Gasteiger partial charge < -0.3 is 13.6 Å². The summed E-state index contributed by atoms with van der Waals surface area (Å²) in [7, 11) is 0. The minimum atomic E-state index is 0.467. The van der Waals surface area contributed by atoms with Crippen LogP contribution in [-0.2, 0) is 0 Å². The van der Waals surface area contributed by atoms with Gasteiger partial charge in [0.25, 0.3) is 0 Å². The summed E-state index contributed by atoms with van der Waals surface area (Å²) in [5.41, 5.74) is 20.0. The predicted octanol–water partition coefficient (Wildman–Crippen LogP) is 20.1. The molecule has 83 heavy (non-hydrogen) atoms. The monoisotopic (exact) mass is 1060 g/mol. The second kappa shape index (κ2) is 19.5. The van der Waals surface area contributed by atoms with Crippen LogP contribution in [0.2, 0.25) is 0 Å². The highest BCUT2D eigenvalue weighted by Crippen LogP contribution is 2.47. The standard InChI is InChI=1S/C77H47N5O/c78-48-66-73(81-69-38-34-55(49-20-7-1-8-21-49)42-61(69)62-43-56(35-39-70(62)81)50-22-9-2-10-23-50)46-65-59-32-19-33-60(68-47-67(53-28-15-5-16-29-53)79-77(80-68)54-30-17-6-18-31-54)75(59)83-76(65)74(66)82-71-40-36-57(51-24-11-3-12-25-51)44-63(71)64-45-58(37-41-72(64)82)52-26-13-4-14-27-52/h1-47H. The molecule has 6 heteroatoms. The van der Waals surface area contributed by atoms with Gasteiger partial charge in [-0.1, -0.05) is 218 Å². The molecule has 0 amide bonds. The smallest absolute Gasteiger partial charge is 0.160 e. The molecule has 0 bridgehead atoms. The molecule has 0 fully saturated rings. The van der Waals surface area contributed by atoms with Crippen molar-refractivity contribution in [3.8, 4) is 95.9 Å². The molecule has 16 aromatic rings. The number of nitrogens with zero attached hydrogens (tertiary/aromatic N) is 5. The third-order valence-corrected chi connectivity index (χ3v) is 16.4. The van der Waals surface area contributed by atoms with Crippen LogP contribution in [0.4, 0.5) is 0 Å². The van der Waals surface area contributed by atoms with Crippen molar-refractivity contribution in [2.45, 2.75) is 0 Å². The number of hydrogen-bond acceptors (Lipinski definition) is 4. The van der Waals surface area contributed by atoms with Gasteiger partial charge in [0.15, 0.2) is 11.4 Å². The van der Waals surface area contributed by atoms with E-state index in [1.807, 2.05) is 48.5 Å².